The van der Waals surface area contributed by atoms with Crippen LogP contribution in [0.1, 0.15) is 51.0 Å². The van der Waals surface area contributed by atoms with Gasteiger partial charge in [0.1, 0.15) is 0 Å². The number of anilines is 1. The van der Waals surface area contributed by atoms with Crippen molar-refractivity contribution in [3.8, 4) is 0 Å². The van der Waals surface area contributed by atoms with E-state index in [0.29, 0.717) is 6.04 Å². The highest BCUT2D eigenvalue weighted by molar-refractivity contribution is 5.93. The van der Waals surface area contributed by atoms with E-state index in [0.717, 1.165) is 5.69 Å². The Labute approximate surface area is 122 Å². The summed E-state index contributed by atoms with van der Waals surface area (Å²) < 4.78 is 0. The van der Waals surface area contributed by atoms with Gasteiger partial charge >= 0.3 is 0 Å². The third kappa shape index (κ3) is 4.64. The quantitative estimate of drug-likeness (QED) is 0.815. The van der Waals surface area contributed by atoms with Crippen molar-refractivity contribution in [2.24, 2.45) is 0 Å². The molecule has 0 saturated heterocycles. The summed E-state index contributed by atoms with van der Waals surface area (Å²) in [7, 11) is 0. The standard InChI is InChI=1S/C17H26N2O/c1-13-8-7-11-16(12-13)19-17(20)14(2)18-15-9-5-3-4-6-10-15/h7-8,11-12,14-15,18H,3-6,9-10H2,1-2H3,(H,19,20)/p+1/t14-/m1/s1. The molecule has 3 nitrogen and oxygen atoms in total. The van der Waals surface area contributed by atoms with E-state index in [1.165, 1.54) is 44.1 Å². The summed E-state index contributed by atoms with van der Waals surface area (Å²) in [5, 5.41) is 5.28. The number of aryl methyl sites for hydroxylation is 1. The summed E-state index contributed by atoms with van der Waals surface area (Å²) in [6, 6.07) is 8.58. The molecular weight excluding hydrogens is 248 g/mol. The Morgan fingerprint density at radius 2 is 1.95 bits per heavy atom. The molecule has 110 valence electrons. The van der Waals surface area contributed by atoms with E-state index in [2.05, 4.69) is 10.6 Å². The van der Waals surface area contributed by atoms with Crippen LogP contribution in [0.25, 0.3) is 0 Å². The van der Waals surface area contributed by atoms with Gasteiger partial charge in [-0.25, -0.2) is 0 Å². The highest BCUT2D eigenvalue weighted by atomic mass is 16.2. The van der Waals surface area contributed by atoms with Crippen molar-refractivity contribution in [3.63, 3.8) is 0 Å². The van der Waals surface area contributed by atoms with E-state index >= 15 is 0 Å². The van der Waals surface area contributed by atoms with E-state index < -0.39 is 0 Å². The number of hydrogen-bond acceptors (Lipinski definition) is 1. The van der Waals surface area contributed by atoms with E-state index in [1.54, 1.807) is 0 Å². The van der Waals surface area contributed by atoms with Gasteiger partial charge in [-0.15, -0.1) is 0 Å². The van der Waals surface area contributed by atoms with Gasteiger partial charge in [-0.1, -0.05) is 25.0 Å². The van der Waals surface area contributed by atoms with Crippen LogP contribution in [0.4, 0.5) is 5.69 Å². The fourth-order valence-electron chi connectivity index (χ4n) is 2.98. The summed E-state index contributed by atoms with van der Waals surface area (Å²) in [6.45, 7) is 4.05. The molecule has 1 saturated carbocycles. The Hall–Kier alpha value is -1.35. The predicted molar refractivity (Wildman–Crippen MR) is 82.7 cm³/mol. The first kappa shape index (κ1) is 15.0. The van der Waals surface area contributed by atoms with Crippen molar-refractivity contribution < 1.29 is 10.1 Å². The third-order valence-electron chi connectivity index (χ3n) is 4.16. The van der Waals surface area contributed by atoms with Crippen LogP contribution in [0, 0.1) is 6.92 Å². The molecule has 1 amide bonds. The fraction of sp³-hybridized carbons (Fsp3) is 0.588. The van der Waals surface area contributed by atoms with Crippen molar-refractivity contribution >= 4 is 11.6 Å². The minimum atomic E-state index is -0.0152. The maximum Gasteiger partial charge on any atom is 0.282 e. The third-order valence-corrected chi connectivity index (χ3v) is 4.16. The number of quaternary nitrogens is 1. The molecule has 1 aromatic rings. The lowest BCUT2D eigenvalue weighted by atomic mass is 10.1. The Bertz CT molecular complexity index is 436. The molecule has 1 atom stereocenters. The smallest absolute Gasteiger partial charge is 0.282 e. The Balaban J connectivity index is 1.85. The minimum Gasteiger partial charge on any atom is -0.334 e. The first-order chi connectivity index (χ1) is 9.65. The minimum absolute atomic E-state index is 0.0152. The van der Waals surface area contributed by atoms with E-state index in [4.69, 9.17) is 0 Å². The first-order valence-electron chi connectivity index (χ1n) is 7.87. The number of benzene rings is 1. The number of amides is 1. The van der Waals surface area contributed by atoms with Gasteiger partial charge in [0.15, 0.2) is 6.04 Å². The average molecular weight is 275 g/mol. The zero-order valence-electron chi connectivity index (χ0n) is 12.7. The van der Waals surface area contributed by atoms with Crippen LogP contribution in [0.3, 0.4) is 0 Å². The maximum atomic E-state index is 12.2. The second kappa shape index (κ2) is 7.44. The Morgan fingerprint density at radius 1 is 1.25 bits per heavy atom. The predicted octanol–water partition coefficient (Wildman–Crippen LogP) is 2.61. The number of carbonyl (C=O) groups is 1. The zero-order chi connectivity index (χ0) is 14.4. The van der Waals surface area contributed by atoms with Gasteiger partial charge in [-0.3, -0.25) is 4.79 Å². The van der Waals surface area contributed by atoms with Crippen LogP contribution in [0.2, 0.25) is 0 Å². The monoisotopic (exact) mass is 275 g/mol. The van der Waals surface area contributed by atoms with Crippen LogP contribution < -0.4 is 10.6 Å². The first-order valence-corrected chi connectivity index (χ1v) is 7.87. The number of hydrogen-bond donors (Lipinski definition) is 2. The van der Waals surface area contributed by atoms with Crippen molar-refractivity contribution in [1.82, 2.24) is 0 Å². The second-order valence-electron chi connectivity index (χ2n) is 6.09. The molecule has 0 heterocycles. The van der Waals surface area contributed by atoms with E-state index in [9.17, 15) is 4.79 Å². The molecular formula is C17H27N2O+. The number of nitrogens with two attached hydrogens (primary N) is 1. The molecule has 3 heteroatoms. The molecule has 0 bridgehead atoms. The molecule has 3 N–H and O–H groups in total. The molecule has 1 fully saturated rings. The Kier molecular flexibility index (Phi) is 5.60. The zero-order valence-corrected chi connectivity index (χ0v) is 12.7. The van der Waals surface area contributed by atoms with E-state index in [1.807, 2.05) is 38.1 Å². The SMILES string of the molecule is Cc1cccc(NC(=O)[C@@H](C)[NH2+]C2CCCCCC2)c1. The number of rotatable bonds is 4. The largest absolute Gasteiger partial charge is 0.334 e. The van der Waals surface area contributed by atoms with Gasteiger partial charge in [-0.05, 0) is 57.2 Å². The molecule has 1 aliphatic rings. The molecule has 20 heavy (non-hydrogen) atoms. The van der Waals surface area contributed by atoms with Gasteiger partial charge in [0.05, 0.1) is 6.04 Å². The number of nitrogens with one attached hydrogen (secondary N) is 1. The van der Waals surface area contributed by atoms with Crippen LogP contribution >= 0.6 is 0 Å². The molecule has 1 aromatic carbocycles. The van der Waals surface area contributed by atoms with Crippen molar-refractivity contribution in [2.75, 3.05) is 5.32 Å². The lowest BCUT2D eigenvalue weighted by molar-refractivity contribution is -0.707. The van der Waals surface area contributed by atoms with Crippen LogP contribution in [0.5, 0.6) is 0 Å². The van der Waals surface area contributed by atoms with Gasteiger partial charge < -0.3 is 10.6 Å². The van der Waals surface area contributed by atoms with Gasteiger partial charge in [-0.2, -0.15) is 0 Å². The highest BCUT2D eigenvalue weighted by Gasteiger charge is 2.22. The van der Waals surface area contributed by atoms with Gasteiger partial charge in [0.2, 0.25) is 0 Å². The van der Waals surface area contributed by atoms with Gasteiger partial charge in [0.25, 0.3) is 5.91 Å². The summed E-state index contributed by atoms with van der Waals surface area (Å²) in [5.74, 6) is 0.111. The van der Waals surface area contributed by atoms with Gasteiger partial charge in [0, 0.05) is 5.69 Å². The molecule has 2 rings (SSSR count). The fourth-order valence-corrected chi connectivity index (χ4v) is 2.98. The molecule has 0 unspecified atom stereocenters. The maximum absolute atomic E-state index is 12.2. The normalized spacial score (nSPS) is 18.3. The molecule has 1 aliphatic carbocycles. The van der Waals surface area contributed by atoms with Crippen LogP contribution in [-0.2, 0) is 4.79 Å². The van der Waals surface area contributed by atoms with Crippen LogP contribution in [-0.4, -0.2) is 18.0 Å². The lowest BCUT2D eigenvalue weighted by Crippen LogP contribution is -2.96. The summed E-state index contributed by atoms with van der Waals surface area (Å²) in [5.41, 5.74) is 2.07. The Morgan fingerprint density at radius 3 is 2.60 bits per heavy atom. The average Bonchev–Trinajstić information content (AvgIpc) is 2.67. The molecule has 0 spiro atoms. The topological polar surface area (TPSA) is 45.7 Å². The van der Waals surface area contributed by atoms with Crippen molar-refractivity contribution in [2.45, 2.75) is 64.5 Å². The van der Waals surface area contributed by atoms with Crippen molar-refractivity contribution in [3.05, 3.63) is 29.8 Å². The second-order valence-corrected chi connectivity index (χ2v) is 6.09. The number of carbonyl (C=O) groups excluding carboxylic acids is 1. The summed E-state index contributed by atoms with van der Waals surface area (Å²) in [6.07, 6.45) is 7.84. The van der Waals surface area contributed by atoms with E-state index in [-0.39, 0.29) is 11.9 Å². The highest BCUT2D eigenvalue weighted by Crippen LogP contribution is 2.15. The lowest BCUT2D eigenvalue weighted by Gasteiger charge is -2.18. The summed E-state index contributed by atoms with van der Waals surface area (Å²) >= 11 is 0. The molecule has 0 aliphatic heterocycles. The summed E-state index contributed by atoms with van der Waals surface area (Å²) in [4.78, 5) is 12.2. The van der Waals surface area contributed by atoms with Crippen molar-refractivity contribution in [1.29, 1.82) is 0 Å². The molecule has 0 aromatic heterocycles. The van der Waals surface area contributed by atoms with Crippen LogP contribution in [0.15, 0.2) is 24.3 Å². The molecule has 0 radical (unpaired) electrons.